The van der Waals surface area contributed by atoms with Gasteiger partial charge >= 0.3 is 0 Å². The fourth-order valence-electron chi connectivity index (χ4n) is 3.65. The van der Waals surface area contributed by atoms with Gasteiger partial charge in [0, 0.05) is 26.7 Å². The van der Waals surface area contributed by atoms with Crippen LogP contribution in [0, 0.1) is 5.92 Å². The first kappa shape index (κ1) is 23.1. The summed E-state index contributed by atoms with van der Waals surface area (Å²) in [5, 5.41) is 0. The highest BCUT2D eigenvalue weighted by molar-refractivity contribution is 7.89. The van der Waals surface area contributed by atoms with Crippen molar-refractivity contribution in [3.63, 3.8) is 0 Å². The van der Waals surface area contributed by atoms with Crippen molar-refractivity contribution < 1.29 is 22.7 Å². The zero-order valence-corrected chi connectivity index (χ0v) is 19.3. The van der Waals surface area contributed by atoms with E-state index in [4.69, 9.17) is 9.47 Å². The number of piperidine rings is 1. The first-order chi connectivity index (χ1) is 14.8. The van der Waals surface area contributed by atoms with E-state index in [-0.39, 0.29) is 22.9 Å². The van der Waals surface area contributed by atoms with E-state index in [1.165, 1.54) is 30.6 Å². The molecule has 1 saturated heterocycles. The predicted molar refractivity (Wildman–Crippen MR) is 119 cm³/mol. The molecule has 0 unspecified atom stereocenters. The summed E-state index contributed by atoms with van der Waals surface area (Å²) in [6, 6.07) is 11.7. The summed E-state index contributed by atoms with van der Waals surface area (Å²) in [5.74, 6) is 1.47. The van der Waals surface area contributed by atoms with Gasteiger partial charge in [0.1, 0.15) is 11.5 Å². The predicted octanol–water partition coefficient (Wildman–Crippen LogP) is 3.40. The van der Waals surface area contributed by atoms with Crippen LogP contribution >= 0.6 is 0 Å². The molecule has 0 spiro atoms. The Hall–Kier alpha value is -2.58. The molecule has 0 bridgehead atoms. The van der Waals surface area contributed by atoms with Gasteiger partial charge in [0.25, 0.3) is 5.91 Å². The summed E-state index contributed by atoms with van der Waals surface area (Å²) in [5.41, 5.74) is 1.11. The van der Waals surface area contributed by atoms with Crippen LogP contribution < -0.4 is 9.47 Å². The Morgan fingerprint density at radius 2 is 1.71 bits per heavy atom. The fourth-order valence-corrected chi connectivity index (χ4v) is 4.84. The molecule has 1 amide bonds. The third-order valence-corrected chi connectivity index (χ3v) is 7.54. The lowest BCUT2D eigenvalue weighted by Gasteiger charge is -2.30. The lowest BCUT2D eigenvalue weighted by atomic mass is 9.98. The van der Waals surface area contributed by atoms with Crippen LogP contribution in [-0.4, -0.2) is 57.9 Å². The summed E-state index contributed by atoms with van der Waals surface area (Å²) in [6.07, 6.45) is 1.88. The summed E-state index contributed by atoms with van der Waals surface area (Å²) in [7, 11) is 0.790. The highest BCUT2D eigenvalue weighted by atomic mass is 32.2. The number of benzene rings is 2. The Bertz CT molecular complexity index is 1010. The molecule has 0 aliphatic carbocycles. The molecule has 0 N–H and O–H groups in total. The minimum absolute atomic E-state index is 0.0676. The van der Waals surface area contributed by atoms with Gasteiger partial charge in [0.2, 0.25) is 10.0 Å². The molecule has 0 aromatic heterocycles. The minimum Gasteiger partial charge on any atom is -0.497 e. The van der Waals surface area contributed by atoms with Crippen molar-refractivity contribution in [2.24, 2.45) is 5.92 Å². The van der Waals surface area contributed by atoms with E-state index >= 15 is 0 Å². The number of likely N-dealkylation sites (tertiary alicyclic amines) is 1. The van der Waals surface area contributed by atoms with Crippen LogP contribution in [-0.2, 0) is 16.6 Å². The van der Waals surface area contributed by atoms with Gasteiger partial charge in [0.15, 0.2) is 0 Å². The molecule has 2 aromatic carbocycles. The van der Waals surface area contributed by atoms with E-state index in [2.05, 4.69) is 6.92 Å². The topological polar surface area (TPSA) is 76.1 Å². The van der Waals surface area contributed by atoms with Crippen molar-refractivity contribution in [1.29, 1.82) is 0 Å². The Morgan fingerprint density at radius 1 is 1.06 bits per heavy atom. The Kier molecular flexibility index (Phi) is 7.23. The molecule has 1 fully saturated rings. The maximum atomic E-state index is 13.2. The van der Waals surface area contributed by atoms with Gasteiger partial charge in [-0.25, -0.2) is 8.42 Å². The number of hydrogen-bond acceptors (Lipinski definition) is 5. The van der Waals surface area contributed by atoms with Gasteiger partial charge in [-0.3, -0.25) is 4.79 Å². The average Bonchev–Trinajstić information content (AvgIpc) is 2.79. The van der Waals surface area contributed by atoms with Gasteiger partial charge in [-0.2, -0.15) is 4.31 Å². The summed E-state index contributed by atoms with van der Waals surface area (Å²) < 4.78 is 38.1. The lowest BCUT2D eigenvalue weighted by molar-refractivity contribution is 0.0693. The molecule has 8 heteroatoms. The maximum absolute atomic E-state index is 13.2. The highest BCUT2D eigenvalue weighted by Gasteiger charge is 2.27. The van der Waals surface area contributed by atoms with Crippen molar-refractivity contribution >= 4 is 15.9 Å². The number of methoxy groups -OCH3 is 2. The van der Waals surface area contributed by atoms with Crippen molar-refractivity contribution in [1.82, 2.24) is 9.21 Å². The van der Waals surface area contributed by atoms with E-state index in [1.54, 1.807) is 30.2 Å². The first-order valence-corrected chi connectivity index (χ1v) is 11.8. The Morgan fingerprint density at radius 3 is 2.29 bits per heavy atom. The van der Waals surface area contributed by atoms with Crippen molar-refractivity contribution in [3.05, 3.63) is 53.6 Å². The normalized spacial score (nSPS) is 15.2. The average molecular weight is 447 g/mol. The molecule has 3 rings (SSSR count). The van der Waals surface area contributed by atoms with Crippen molar-refractivity contribution in [2.75, 3.05) is 34.4 Å². The van der Waals surface area contributed by atoms with Crippen LogP contribution in [0.25, 0.3) is 0 Å². The molecule has 0 atom stereocenters. The van der Waals surface area contributed by atoms with Crippen LogP contribution in [0.15, 0.2) is 47.4 Å². The molecule has 1 heterocycles. The van der Waals surface area contributed by atoms with E-state index in [9.17, 15) is 13.2 Å². The summed E-state index contributed by atoms with van der Waals surface area (Å²) in [6.45, 7) is 3.70. The third-order valence-electron chi connectivity index (χ3n) is 5.74. The smallest absolute Gasteiger partial charge is 0.257 e. The third kappa shape index (κ3) is 5.19. The standard InChI is InChI=1S/C23H30N2O5S/c1-17-11-13-25(14-12-17)23(26)21-15-20(9-10-22(21)30-4)31(27,28)24(2)16-18-5-7-19(29-3)8-6-18/h5-10,15,17H,11-14,16H2,1-4H3. The maximum Gasteiger partial charge on any atom is 0.257 e. The lowest BCUT2D eigenvalue weighted by Crippen LogP contribution is -2.38. The number of sulfonamides is 1. The number of hydrogen-bond donors (Lipinski definition) is 0. The monoisotopic (exact) mass is 446 g/mol. The van der Waals surface area contributed by atoms with E-state index in [0.29, 0.717) is 30.5 Å². The van der Waals surface area contributed by atoms with E-state index < -0.39 is 10.0 Å². The second-order valence-corrected chi connectivity index (χ2v) is 9.99. The Balaban J connectivity index is 1.84. The number of carbonyl (C=O) groups is 1. The first-order valence-electron chi connectivity index (χ1n) is 10.3. The largest absolute Gasteiger partial charge is 0.497 e. The van der Waals surface area contributed by atoms with Crippen molar-refractivity contribution in [2.45, 2.75) is 31.2 Å². The fraction of sp³-hybridized carbons (Fsp3) is 0.435. The summed E-state index contributed by atoms with van der Waals surface area (Å²) in [4.78, 5) is 15.0. The number of amides is 1. The van der Waals surface area contributed by atoms with Gasteiger partial charge in [-0.05, 0) is 54.7 Å². The molecule has 0 radical (unpaired) electrons. The van der Waals surface area contributed by atoms with E-state index in [1.807, 2.05) is 12.1 Å². The van der Waals surface area contributed by atoms with Crippen LogP contribution in [0.1, 0.15) is 35.7 Å². The molecule has 1 aliphatic heterocycles. The van der Waals surface area contributed by atoms with Gasteiger partial charge in [-0.1, -0.05) is 19.1 Å². The zero-order valence-electron chi connectivity index (χ0n) is 18.5. The molecule has 1 aliphatic rings. The minimum atomic E-state index is -3.80. The molecular weight excluding hydrogens is 416 g/mol. The van der Waals surface area contributed by atoms with Crippen LogP contribution in [0.3, 0.4) is 0 Å². The Labute approximate surface area is 184 Å². The highest BCUT2D eigenvalue weighted by Crippen LogP contribution is 2.28. The number of nitrogens with zero attached hydrogens (tertiary/aromatic N) is 2. The van der Waals surface area contributed by atoms with Crippen LogP contribution in [0.4, 0.5) is 0 Å². The van der Waals surface area contributed by atoms with Crippen LogP contribution in [0.2, 0.25) is 0 Å². The van der Waals surface area contributed by atoms with Crippen molar-refractivity contribution in [3.8, 4) is 11.5 Å². The van der Waals surface area contributed by atoms with Crippen LogP contribution in [0.5, 0.6) is 11.5 Å². The molecule has 2 aromatic rings. The quantitative estimate of drug-likeness (QED) is 0.652. The molecule has 168 valence electrons. The van der Waals surface area contributed by atoms with Gasteiger partial charge in [0.05, 0.1) is 24.7 Å². The molecule has 7 nitrogen and oxygen atoms in total. The zero-order chi connectivity index (χ0) is 22.6. The number of carbonyl (C=O) groups excluding carboxylic acids is 1. The second kappa shape index (κ2) is 9.70. The molecule has 0 saturated carbocycles. The SMILES string of the molecule is COc1ccc(CN(C)S(=O)(=O)c2ccc(OC)c(C(=O)N3CCC(C)CC3)c2)cc1. The molecule has 31 heavy (non-hydrogen) atoms. The molecular formula is C23H30N2O5S. The number of rotatable bonds is 7. The number of ether oxygens (including phenoxy) is 2. The van der Waals surface area contributed by atoms with E-state index in [0.717, 1.165) is 18.4 Å². The second-order valence-electron chi connectivity index (χ2n) is 7.95. The van der Waals surface area contributed by atoms with Gasteiger partial charge in [-0.15, -0.1) is 0 Å². The van der Waals surface area contributed by atoms with Gasteiger partial charge < -0.3 is 14.4 Å². The summed E-state index contributed by atoms with van der Waals surface area (Å²) >= 11 is 0.